The Bertz CT molecular complexity index is 1100. The number of ether oxygens (including phenoxy) is 2. The molecule has 1 unspecified atom stereocenters. The molecule has 1 atom stereocenters. The molecule has 1 fully saturated rings. The van der Waals surface area contributed by atoms with Crippen molar-refractivity contribution in [3.8, 4) is 5.75 Å². The highest BCUT2D eigenvalue weighted by molar-refractivity contribution is 9.10. The van der Waals surface area contributed by atoms with Crippen molar-refractivity contribution in [3.05, 3.63) is 52.5 Å². The number of halogens is 1. The Balaban J connectivity index is 1.72. The third-order valence-electron chi connectivity index (χ3n) is 5.91. The largest absolute Gasteiger partial charge is 0.491 e. The number of hydrogen-bond acceptors (Lipinski definition) is 5. The van der Waals surface area contributed by atoms with E-state index in [0.717, 1.165) is 15.7 Å². The minimum absolute atomic E-state index is 0.0969. The Hall–Kier alpha value is -2.58. The van der Waals surface area contributed by atoms with Gasteiger partial charge in [-0.15, -0.1) is 0 Å². The SMILES string of the molecule is CC(C)(O)COc1ccc2c(c1)N(C(=O)OC(C)(C)C)C1(CCN(c3ccc(Br)cc3)C1=O)C2. The van der Waals surface area contributed by atoms with Gasteiger partial charge in [0, 0.05) is 29.2 Å². The third kappa shape index (κ3) is 4.79. The lowest BCUT2D eigenvalue weighted by Gasteiger charge is -2.35. The van der Waals surface area contributed by atoms with Gasteiger partial charge in [0.1, 0.15) is 23.5 Å². The predicted molar refractivity (Wildman–Crippen MR) is 134 cm³/mol. The molecule has 182 valence electrons. The van der Waals surface area contributed by atoms with E-state index in [1.807, 2.05) is 57.2 Å². The number of benzene rings is 2. The second-order valence-electron chi connectivity index (χ2n) is 10.6. The Morgan fingerprint density at radius 1 is 1.12 bits per heavy atom. The normalized spacial score (nSPS) is 20.1. The quantitative estimate of drug-likeness (QED) is 0.596. The second-order valence-corrected chi connectivity index (χ2v) is 11.5. The van der Waals surface area contributed by atoms with Crippen LogP contribution >= 0.6 is 15.9 Å². The number of hydrogen-bond donors (Lipinski definition) is 1. The van der Waals surface area contributed by atoms with Gasteiger partial charge in [-0.2, -0.15) is 0 Å². The summed E-state index contributed by atoms with van der Waals surface area (Å²) < 4.78 is 12.5. The number of carbonyl (C=O) groups is 2. The number of amides is 2. The monoisotopic (exact) mass is 530 g/mol. The van der Waals surface area contributed by atoms with Crippen LogP contribution in [0.1, 0.15) is 46.6 Å². The highest BCUT2D eigenvalue weighted by Crippen LogP contribution is 2.47. The molecule has 1 saturated heterocycles. The molecule has 0 saturated carbocycles. The fraction of sp³-hybridized carbons (Fsp3) is 0.462. The number of anilines is 2. The zero-order valence-corrected chi connectivity index (χ0v) is 21.8. The lowest BCUT2D eigenvalue weighted by atomic mass is 9.92. The lowest BCUT2D eigenvalue weighted by Crippen LogP contribution is -2.56. The van der Waals surface area contributed by atoms with Crippen LogP contribution in [-0.4, -0.2) is 47.0 Å². The van der Waals surface area contributed by atoms with Crippen LogP contribution in [-0.2, 0) is 16.0 Å². The molecule has 34 heavy (non-hydrogen) atoms. The summed E-state index contributed by atoms with van der Waals surface area (Å²) in [6, 6.07) is 13.0. The molecule has 2 aliphatic rings. The number of carbonyl (C=O) groups excluding carboxylic acids is 2. The molecule has 2 aromatic rings. The molecule has 2 aliphatic heterocycles. The maximum Gasteiger partial charge on any atom is 0.415 e. The molecule has 1 spiro atoms. The first-order valence-corrected chi connectivity index (χ1v) is 12.2. The second kappa shape index (κ2) is 8.57. The van der Waals surface area contributed by atoms with Crippen LogP contribution in [0, 0.1) is 0 Å². The van der Waals surface area contributed by atoms with E-state index in [1.165, 1.54) is 4.90 Å². The van der Waals surface area contributed by atoms with Gasteiger partial charge in [0.15, 0.2) is 0 Å². The molecule has 0 aromatic heterocycles. The van der Waals surface area contributed by atoms with Gasteiger partial charge in [0.2, 0.25) is 0 Å². The average Bonchev–Trinajstić information content (AvgIpc) is 3.22. The summed E-state index contributed by atoms with van der Waals surface area (Å²) in [4.78, 5) is 30.7. The number of aliphatic hydroxyl groups is 1. The Kier molecular flexibility index (Phi) is 6.19. The molecule has 4 rings (SSSR count). The van der Waals surface area contributed by atoms with Crippen LogP contribution < -0.4 is 14.5 Å². The molecule has 2 amide bonds. The van der Waals surface area contributed by atoms with Crippen LogP contribution in [0.15, 0.2) is 46.9 Å². The summed E-state index contributed by atoms with van der Waals surface area (Å²) >= 11 is 3.44. The first-order valence-electron chi connectivity index (χ1n) is 11.4. The molecule has 2 aromatic carbocycles. The summed E-state index contributed by atoms with van der Waals surface area (Å²) in [5.74, 6) is 0.387. The van der Waals surface area contributed by atoms with Gasteiger partial charge < -0.3 is 19.5 Å². The maximum absolute atomic E-state index is 13.9. The topological polar surface area (TPSA) is 79.3 Å². The number of fused-ring (bicyclic) bond motifs is 1. The summed E-state index contributed by atoms with van der Waals surface area (Å²) in [5.41, 5.74) is -0.506. The molecular weight excluding hydrogens is 500 g/mol. The third-order valence-corrected chi connectivity index (χ3v) is 6.44. The zero-order valence-electron chi connectivity index (χ0n) is 20.2. The van der Waals surface area contributed by atoms with Crippen molar-refractivity contribution in [3.63, 3.8) is 0 Å². The van der Waals surface area contributed by atoms with Crippen LogP contribution in [0.25, 0.3) is 0 Å². The van der Waals surface area contributed by atoms with Gasteiger partial charge in [-0.1, -0.05) is 22.0 Å². The van der Waals surface area contributed by atoms with Crippen molar-refractivity contribution in [2.75, 3.05) is 23.0 Å². The first-order chi connectivity index (χ1) is 15.8. The van der Waals surface area contributed by atoms with E-state index < -0.39 is 22.8 Å². The van der Waals surface area contributed by atoms with Crippen molar-refractivity contribution in [2.45, 2.75) is 64.2 Å². The van der Waals surface area contributed by atoms with Crippen LogP contribution in [0.2, 0.25) is 0 Å². The maximum atomic E-state index is 13.9. The Morgan fingerprint density at radius 2 is 1.79 bits per heavy atom. The molecule has 1 N–H and O–H groups in total. The molecular formula is C26H31BrN2O5. The van der Waals surface area contributed by atoms with Crippen molar-refractivity contribution >= 4 is 39.3 Å². The highest BCUT2D eigenvalue weighted by atomic mass is 79.9. The Morgan fingerprint density at radius 3 is 2.41 bits per heavy atom. The number of nitrogens with zero attached hydrogens (tertiary/aromatic N) is 2. The van der Waals surface area contributed by atoms with Gasteiger partial charge in [-0.3, -0.25) is 9.69 Å². The van der Waals surface area contributed by atoms with E-state index >= 15 is 0 Å². The van der Waals surface area contributed by atoms with Gasteiger partial charge in [0.25, 0.3) is 5.91 Å². The lowest BCUT2D eigenvalue weighted by molar-refractivity contribution is -0.121. The van der Waals surface area contributed by atoms with Crippen LogP contribution in [0.5, 0.6) is 5.75 Å². The summed E-state index contributed by atoms with van der Waals surface area (Å²) in [5, 5.41) is 10.0. The zero-order chi connectivity index (χ0) is 24.9. The van der Waals surface area contributed by atoms with E-state index in [9.17, 15) is 14.7 Å². The fourth-order valence-corrected chi connectivity index (χ4v) is 4.72. The van der Waals surface area contributed by atoms with E-state index in [0.29, 0.717) is 30.8 Å². The first kappa shape index (κ1) is 24.5. The van der Waals surface area contributed by atoms with Crippen LogP contribution in [0.4, 0.5) is 16.2 Å². The standard InChI is InChI=1S/C26H31BrN2O5/c1-24(2,3)34-23(31)29-21-14-20(33-16-25(4,5)32)11-6-17(21)15-26(29)12-13-28(22(26)30)19-9-7-18(27)8-10-19/h6-11,14,32H,12-13,15-16H2,1-5H3. The summed E-state index contributed by atoms with van der Waals surface area (Å²) in [6.45, 7) is 9.34. The Labute approximate surface area is 208 Å². The molecule has 2 heterocycles. The van der Waals surface area contributed by atoms with Gasteiger partial charge in [-0.05, 0) is 76.9 Å². The molecule has 0 radical (unpaired) electrons. The van der Waals surface area contributed by atoms with Gasteiger partial charge in [0.05, 0.1) is 11.3 Å². The average molecular weight is 531 g/mol. The van der Waals surface area contributed by atoms with Crippen molar-refractivity contribution in [1.82, 2.24) is 0 Å². The number of rotatable bonds is 4. The molecule has 0 aliphatic carbocycles. The summed E-state index contributed by atoms with van der Waals surface area (Å²) in [6.07, 6.45) is 0.325. The molecule has 7 nitrogen and oxygen atoms in total. The molecule has 0 bridgehead atoms. The molecule has 8 heteroatoms. The van der Waals surface area contributed by atoms with E-state index in [1.54, 1.807) is 24.8 Å². The van der Waals surface area contributed by atoms with Crippen molar-refractivity contribution < 1.29 is 24.2 Å². The minimum Gasteiger partial charge on any atom is -0.491 e. The predicted octanol–water partition coefficient (Wildman–Crippen LogP) is 5.07. The van der Waals surface area contributed by atoms with E-state index in [4.69, 9.17) is 9.47 Å². The van der Waals surface area contributed by atoms with Crippen molar-refractivity contribution in [2.24, 2.45) is 0 Å². The van der Waals surface area contributed by atoms with Crippen LogP contribution in [0.3, 0.4) is 0 Å². The smallest absolute Gasteiger partial charge is 0.415 e. The van der Waals surface area contributed by atoms with E-state index in [-0.39, 0.29) is 12.5 Å². The van der Waals surface area contributed by atoms with E-state index in [2.05, 4.69) is 15.9 Å². The summed E-state index contributed by atoms with van der Waals surface area (Å²) in [7, 11) is 0. The van der Waals surface area contributed by atoms with Gasteiger partial charge in [-0.25, -0.2) is 4.79 Å². The van der Waals surface area contributed by atoms with Gasteiger partial charge >= 0.3 is 6.09 Å². The highest BCUT2D eigenvalue weighted by Gasteiger charge is 2.58. The van der Waals surface area contributed by atoms with Crippen molar-refractivity contribution in [1.29, 1.82) is 0 Å². The minimum atomic E-state index is -1.06. The fourth-order valence-electron chi connectivity index (χ4n) is 4.45.